The number of anilines is 1. The van der Waals surface area contributed by atoms with Crippen LogP contribution in [0.1, 0.15) is 47.6 Å². The maximum atomic E-state index is 12.1. The van der Waals surface area contributed by atoms with Crippen LogP contribution in [0, 0.1) is 5.41 Å². The molecule has 0 aliphatic carbocycles. The molecule has 0 bridgehead atoms. The molecule has 6 nitrogen and oxygen atoms in total. The number of rotatable bonds is 8. The predicted octanol–water partition coefficient (Wildman–Crippen LogP) is 3.06. The van der Waals surface area contributed by atoms with Crippen LogP contribution in [0.2, 0.25) is 0 Å². The maximum Gasteiger partial charge on any atom is 0.291 e. The monoisotopic (exact) mass is 344 g/mol. The Kier molecular flexibility index (Phi) is 6.36. The molecule has 3 N–H and O–H groups in total. The van der Waals surface area contributed by atoms with Gasteiger partial charge in [-0.1, -0.05) is 13.8 Å². The zero-order chi connectivity index (χ0) is 18.3. The average Bonchev–Trinajstić information content (AvgIpc) is 3.14. The van der Waals surface area contributed by atoms with Crippen molar-refractivity contribution in [1.82, 2.24) is 5.32 Å². The van der Waals surface area contributed by atoms with Crippen molar-refractivity contribution in [3.63, 3.8) is 0 Å². The summed E-state index contributed by atoms with van der Waals surface area (Å²) >= 11 is 0. The molecule has 134 valence electrons. The molecule has 25 heavy (non-hydrogen) atoms. The molecule has 1 heterocycles. The van der Waals surface area contributed by atoms with Gasteiger partial charge >= 0.3 is 0 Å². The molecule has 2 rings (SSSR count). The average molecular weight is 344 g/mol. The van der Waals surface area contributed by atoms with E-state index in [1.54, 1.807) is 36.4 Å². The van der Waals surface area contributed by atoms with Gasteiger partial charge in [0.2, 0.25) is 0 Å². The van der Waals surface area contributed by atoms with E-state index in [2.05, 4.69) is 10.6 Å². The number of benzene rings is 1. The molecule has 0 spiro atoms. The standard InChI is InChI=1S/C19H24N2O4/c1-19(2,13-22)10-4-11-20-17(23)14-6-8-15(9-7-14)21-18(24)16-5-3-12-25-16/h3,5-9,12,22H,4,10-11,13H2,1-2H3,(H,20,23)(H,21,24). The minimum Gasteiger partial charge on any atom is -0.459 e. The second-order valence-corrected chi connectivity index (χ2v) is 6.69. The summed E-state index contributed by atoms with van der Waals surface area (Å²) in [7, 11) is 0. The van der Waals surface area contributed by atoms with E-state index in [1.165, 1.54) is 6.26 Å². The van der Waals surface area contributed by atoms with E-state index in [4.69, 9.17) is 4.42 Å². The highest BCUT2D eigenvalue weighted by molar-refractivity contribution is 6.02. The van der Waals surface area contributed by atoms with E-state index in [9.17, 15) is 14.7 Å². The van der Waals surface area contributed by atoms with Gasteiger partial charge in [-0.3, -0.25) is 9.59 Å². The summed E-state index contributed by atoms with van der Waals surface area (Å²) in [6, 6.07) is 9.88. The Balaban J connectivity index is 1.81. The van der Waals surface area contributed by atoms with Crippen molar-refractivity contribution in [2.75, 3.05) is 18.5 Å². The number of nitrogens with one attached hydrogen (secondary N) is 2. The van der Waals surface area contributed by atoms with E-state index in [0.29, 0.717) is 17.8 Å². The minimum atomic E-state index is -0.339. The summed E-state index contributed by atoms with van der Waals surface area (Å²) in [4.78, 5) is 24.0. The highest BCUT2D eigenvalue weighted by Crippen LogP contribution is 2.20. The van der Waals surface area contributed by atoms with Gasteiger partial charge < -0.3 is 20.2 Å². The fraction of sp³-hybridized carbons (Fsp3) is 0.368. The molecule has 0 fully saturated rings. The summed E-state index contributed by atoms with van der Waals surface area (Å²) in [6.45, 7) is 4.67. The fourth-order valence-corrected chi connectivity index (χ4v) is 2.26. The van der Waals surface area contributed by atoms with Crippen LogP contribution in [0.15, 0.2) is 47.1 Å². The first-order chi connectivity index (χ1) is 11.9. The van der Waals surface area contributed by atoms with Crippen LogP contribution in [-0.2, 0) is 0 Å². The molecule has 1 aromatic carbocycles. The predicted molar refractivity (Wildman–Crippen MR) is 95.5 cm³/mol. The molecule has 0 saturated carbocycles. The van der Waals surface area contributed by atoms with Gasteiger partial charge in [-0.2, -0.15) is 0 Å². The van der Waals surface area contributed by atoms with Crippen molar-refractivity contribution in [1.29, 1.82) is 0 Å². The van der Waals surface area contributed by atoms with Crippen molar-refractivity contribution < 1.29 is 19.1 Å². The second kappa shape index (κ2) is 8.48. The molecule has 0 atom stereocenters. The van der Waals surface area contributed by atoms with Crippen molar-refractivity contribution in [2.24, 2.45) is 5.41 Å². The normalized spacial score (nSPS) is 11.2. The van der Waals surface area contributed by atoms with Gasteiger partial charge in [-0.15, -0.1) is 0 Å². The van der Waals surface area contributed by atoms with Crippen molar-refractivity contribution in [3.05, 3.63) is 54.0 Å². The Bertz CT molecular complexity index is 691. The van der Waals surface area contributed by atoms with Gasteiger partial charge in [0.15, 0.2) is 5.76 Å². The minimum absolute atomic E-state index is 0.126. The quantitative estimate of drug-likeness (QED) is 0.642. The summed E-state index contributed by atoms with van der Waals surface area (Å²) in [5, 5.41) is 14.8. The Morgan fingerprint density at radius 1 is 1.12 bits per heavy atom. The van der Waals surface area contributed by atoms with Gasteiger partial charge in [0.25, 0.3) is 11.8 Å². The summed E-state index contributed by atoms with van der Waals surface area (Å²) < 4.78 is 5.02. The third kappa shape index (κ3) is 5.76. The lowest BCUT2D eigenvalue weighted by atomic mass is 9.89. The summed E-state index contributed by atoms with van der Waals surface area (Å²) in [5.74, 6) is -0.271. The first-order valence-electron chi connectivity index (χ1n) is 8.25. The van der Waals surface area contributed by atoms with Crippen LogP contribution in [0.3, 0.4) is 0 Å². The fourth-order valence-electron chi connectivity index (χ4n) is 2.26. The molecule has 0 aliphatic rings. The number of aliphatic hydroxyl groups excluding tert-OH is 1. The molecule has 0 unspecified atom stereocenters. The topological polar surface area (TPSA) is 91.6 Å². The van der Waals surface area contributed by atoms with Gasteiger partial charge in [0, 0.05) is 24.4 Å². The number of hydrogen-bond donors (Lipinski definition) is 3. The van der Waals surface area contributed by atoms with Gasteiger partial charge in [-0.05, 0) is 54.7 Å². The number of carbonyl (C=O) groups excluding carboxylic acids is 2. The highest BCUT2D eigenvalue weighted by atomic mass is 16.3. The van der Waals surface area contributed by atoms with Gasteiger partial charge in [0.05, 0.1) is 6.26 Å². The molecule has 2 amide bonds. The molecule has 0 aliphatic heterocycles. The first-order valence-corrected chi connectivity index (χ1v) is 8.25. The molecule has 0 radical (unpaired) electrons. The van der Waals surface area contributed by atoms with Crippen molar-refractivity contribution in [3.8, 4) is 0 Å². The number of aliphatic hydroxyl groups is 1. The van der Waals surface area contributed by atoms with E-state index in [1.807, 2.05) is 13.8 Å². The molecule has 0 saturated heterocycles. The van der Waals surface area contributed by atoms with Crippen LogP contribution >= 0.6 is 0 Å². The largest absolute Gasteiger partial charge is 0.459 e. The van der Waals surface area contributed by atoms with Crippen molar-refractivity contribution >= 4 is 17.5 Å². The smallest absolute Gasteiger partial charge is 0.291 e. The molecular formula is C19H24N2O4. The third-order valence-corrected chi connectivity index (χ3v) is 3.89. The van der Waals surface area contributed by atoms with Crippen LogP contribution in [0.5, 0.6) is 0 Å². The Morgan fingerprint density at radius 2 is 1.84 bits per heavy atom. The van der Waals surface area contributed by atoms with Crippen LogP contribution in [0.4, 0.5) is 5.69 Å². The van der Waals surface area contributed by atoms with Crippen LogP contribution < -0.4 is 10.6 Å². The first kappa shape index (κ1) is 18.7. The van der Waals surface area contributed by atoms with E-state index in [-0.39, 0.29) is 29.6 Å². The Hall–Kier alpha value is -2.60. The molecule has 6 heteroatoms. The van der Waals surface area contributed by atoms with Crippen LogP contribution in [-0.4, -0.2) is 30.1 Å². The number of amides is 2. The Morgan fingerprint density at radius 3 is 2.44 bits per heavy atom. The Labute approximate surface area is 147 Å². The zero-order valence-electron chi connectivity index (χ0n) is 14.5. The van der Waals surface area contributed by atoms with E-state index >= 15 is 0 Å². The summed E-state index contributed by atoms with van der Waals surface area (Å²) in [6.07, 6.45) is 3.07. The molecular weight excluding hydrogens is 320 g/mol. The van der Waals surface area contributed by atoms with Crippen LogP contribution in [0.25, 0.3) is 0 Å². The number of hydrogen-bond acceptors (Lipinski definition) is 4. The number of furan rings is 1. The van der Waals surface area contributed by atoms with E-state index < -0.39 is 0 Å². The summed E-state index contributed by atoms with van der Waals surface area (Å²) in [5.41, 5.74) is 0.985. The SMILES string of the molecule is CC(C)(CO)CCCNC(=O)c1ccc(NC(=O)c2ccco2)cc1. The maximum absolute atomic E-state index is 12.1. The lowest BCUT2D eigenvalue weighted by Crippen LogP contribution is -2.26. The van der Waals surface area contributed by atoms with Gasteiger partial charge in [-0.25, -0.2) is 0 Å². The zero-order valence-corrected chi connectivity index (χ0v) is 14.5. The lowest BCUT2D eigenvalue weighted by Gasteiger charge is -2.21. The third-order valence-electron chi connectivity index (χ3n) is 3.89. The van der Waals surface area contributed by atoms with Crippen molar-refractivity contribution in [2.45, 2.75) is 26.7 Å². The second-order valence-electron chi connectivity index (χ2n) is 6.69. The van der Waals surface area contributed by atoms with Gasteiger partial charge in [0.1, 0.15) is 0 Å². The number of carbonyl (C=O) groups is 2. The highest BCUT2D eigenvalue weighted by Gasteiger charge is 2.16. The lowest BCUT2D eigenvalue weighted by molar-refractivity contribution is 0.0947. The van der Waals surface area contributed by atoms with E-state index in [0.717, 1.165) is 12.8 Å². The molecule has 2 aromatic rings. The molecule has 1 aromatic heterocycles.